The van der Waals surface area contributed by atoms with Gasteiger partial charge in [-0.3, -0.25) is 10.1 Å². The molecule has 0 aromatic carbocycles. The molecule has 0 atom stereocenters. The summed E-state index contributed by atoms with van der Waals surface area (Å²) in [5, 5.41) is 20.4. The molecule has 0 saturated carbocycles. The van der Waals surface area contributed by atoms with Crippen LogP contribution in [0.25, 0.3) is 9.88 Å². The minimum atomic E-state index is -0.398. The summed E-state index contributed by atoms with van der Waals surface area (Å²) in [5.74, 6) is 0. The summed E-state index contributed by atoms with van der Waals surface area (Å²) in [5.41, 5.74) is 5.41. The van der Waals surface area contributed by atoms with Gasteiger partial charge in [0.1, 0.15) is 5.01 Å². The Labute approximate surface area is 105 Å². The fraction of sp³-hybridized carbons (Fsp3) is 0.333. The predicted molar refractivity (Wildman–Crippen MR) is 67.3 cm³/mol. The molecule has 0 spiro atoms. The van der Waals surface area contributed by atoms with Crippen LogP contribution < -0.4 is 5.73 Å². The number of nitro groups is 1. The van der Waals surface area contributed by atoms with Gasteiger partial charge in [-0.1, -0.05) is 22.7 Å². The summed E-state index contributed by atoms with van der Waals surface area (Å²) in [7, 11) is 0. The third kappa shape index (κ3) is 2.84. The van der Waals surface area contributed by atoms with Crippen LogP contribution in [0.1, 0.15) is 11.4 Å². The number of rotatable bonds is 5. The molecule has 8 heteroatoms. The van der Waals surface area contributed by atoms with E-state index >= 15 is 0 Å². The SMILES string of the molecule is NCCCc1nnc(-c2ccc([N+](=O)[O-])s2)s1. The highest BCUT2D eigenvalue weighted by atomic mass is 32.1. The van der Waals surface area contributed by atoms with E-state index in [0.717, 1.165) is 39.1 Å². The average molecular weight is 270 g/mol. The lowest BCUT2D eigenvalue weighted by Crippen LogP contribution is -1.99. The molecular weight excluding hydrogens is 260 g/mol. The van der Waals surface area contributed by atoms with Crippen LogP contribution in [0.2, 0.25) is 0 Å². The van der Waals surface area contributed by atoms with E-state index in [2.05, 4.69) is 10.2 Å². The van der Waals surface area contributed by atoms with Crippen molar-refractivity contribution in [1.29, 1.82) is 0 Å². The van der Waals surface area contributed by atoms with Crippen molar-refractivity contribution in [2.24, 2.45) is 5.73 Å². The van der Waals surface area contributed by atoms with Crippen molar-refractivity contribution in [1.82, 2.24) is 10.2 Å². The molecular formula is C9H10N4O2S2. The smallest absolute Gasteiger partial charge is 0.324 e. The van der Waals surface area contributed by atoms with Crippen molar-refractivity contribution in [3.05, 3.63) is 27.3 Å². The maximum atomic E-state index is 10.6. The van der Waals surface area contributed by atoms with Gasteiger partial charge in [-0.15, -0.1) is 10.2 Å². The number of nitrogens with zero attached hydrogens (tertiary/aromatic N) is 3. The van der Waals surface area contributed by atoms with Gasteiger partial charge in [0.2, 0.25) is 0 Å². The van der Waals surface area contributed by atoms with Crippen molar-refractivity contribution in [2.45, 2.75) is 12.8 Å². The van der Waals surface area contributed by atoms with Crippen LogP contribution in [0.3, 0.4) is 0 Å². The van der Waals surface area contributed by atoms with Gasteiger partial charge in [-0.2, -0.15) is 0 Å². The lowest BCUT2D eigenvalue weighted by Gasteiger charge is -1.89. The minimum Gasteiger partial charge on any atom is -0.330 e. The Balaban J connectivity index is 2.15. The average Bonchev–Trinajstić information content (AvgIpc) is 2.94. The number of hydrogen-bond acceptors (Lipinski definition) is 7. The van der Waals surface area contributed by atoms with Gasteiger partial charge in [0.15, 0.2) is 5.01 Å². The van der Waals surface area contributed by atoms with Gasteiger partial charge in [-0.25, -0.2) is 0 Å². The Morgan fingerprint density at radius 1 is 1.35 bits per heavy atom. The maximum Gasteiger partial charge on any atom is 0.324 e. The van der Waals surface area contributed by atoms with Crippen molar-refractivity contribution >= 4 is 27.7 Å². The molecule has 0 aliphatic rings. The molecule has 90 valence electrons. The Morgan fingerprint density at radius 2 is 2.18 bits per heavy atom. The van der Waals surface area contributed by atoms with Gasteiger partial charge < -0.3 is 5.73 Å². The van der Waals surface area contributed by atoms with E-state index in [9.17, 15) is 10.1 Å². The van der Waals surface area contributed by atoms with Crippen molar-refractivity contribution in [3.8, 4) is 9.88 Å². The Morgan fingerprint density at radius 3 is 2.82 bits per heavy atom. The zero-order valence-corrected chi connectivity index (χ0v) is 10.5. The fourth-order valence-electron chi connectivity index (χ4n) is 1.25. The molecule has 0 fully saturated rings. The Bertz CT molecular complexity index is 523. The molecule has 0 saturated heterocycles. The van der Waals surface area contributed by atoms with E-state index in [4.69, 9.17) is 5.73 Å². The summed E-state index contributed by atoms with van der Waals surface area (Å²) in [6.07, 6.45) is 1.68. The first-order valence-electron chi connectivity index (χ1n) is 4.97. The molecule has 2 aromatic heterocycles. The highest BCUT2D eigenvalue weighted by Gasteiger charge is 2.14. The van der Waals surface area contributed by atoms with Gasteiger partial charge >= 0.3 is 5.00 Å². The van der Waals surface area contributed by atoms with Crippen molar-refractivity contribution in [3.63, 3.8) is 0 Å². The zero-order chi connectivity index (χ0) is 12.3. The van der Waals surface area contributed by atoms with Crippen molar-refractivity contribution < 1.29 is 4.92 Å². The van der Waals surface area contributed by atoms with E-state index in [0.29, 0.717) is 6.54 Å². The standard InChI is InChI=1S/C9H10N4O2S2/c10-5-1-2-7-11-12-9(17-7)6-3-4-8(16-6)13(14)15/h3-4H,1-2,5,10H2. The molecule has 2 aromatic rings. The van der Waals surface area contributed by atoms with Crippen LogP contribution in [0.4, 0.5) is 5.00 Å². The van der Waals surface area contributed by atoms with Crippen LogP contribution >= 0.6 is 22.7 Å². The first kappa shape index (κ1) is 12.1. The van der Waals surface area contributed by atoms with Gasteiger partial charge in [-0.05, 0) is 19.0 Å². The Hall–Kier alpha value is -1.38. The minimum absolute atomic E-state index is 0.124. The third-order valence-electron chi connectivity index (χ3n) is 2.04. The van der Waals surface area contributed by atoms with Crippen LogP contribution in [0.15, 0.2) is 12.1 Å². The second-order valence-corrected chi connectivity index (χ2v) is 5.41. The van der Waals surface area contributed by atoms with E-state index < -0.39 is 4.92 Å². The summed E-state index contributed by atoms with van der Waals surface area (Å²) >= 11 is 2.58. The van der Waals surface area contributed by atoms with Gasteiger partial charge in [0, 0.05) is 12.5 Å². The second-order valence-electron chi connectivity index (χ2n) is 3.29. The molecule has 0 amide bonds. The molecule has 2 heterocycles. The van der Waals surface area contributed by atoms with E-state index in [1.807, 2.05) is 0 Å². The number of nitrogens with two attached hydrogens (primary N) is 1. The van der Waals surface area contributed by atoms with E-state index in [1.165, 1.54) is 17.4 Å². The zero-order valence-electron chi connectivity index (χ0n) is 8.83. The fourth-order valence-corrected chi connectivity index (χ4v) is 3.00. The molecule has 0 unspecified atom stereocenters. The highest BCUT2D eigenvalue weighted by molar-refractivity contribution is 7.23. The second kappa shape index (κ2) is 5.30. The molecule has 6 nitrogen and oxygen atoms in total. The normalized spacial score (nSPS) is 10.6. The molecule has 0 bridgehead atoms. The topological polar surface area (TPSA) is 94.9 Å². The van der Waals surface area contributed by atoms with E-state index in [1.54, 1.807) is 6.07 Å². The molecule has 0 aliphatic carbocycles. The van der Waals surface area contributed by atoms with Gasteiger partial charge in [0.05, 0.1) is 9.80 Å². The summed E-state index contributed by atoms with van der Waals surface area (Å²) < 4.78 is 0. The Kier molecular flexibility index (Phi) is 3.77. The molecule has 2 rings (SSSR count). The summed E-state index contributed by atoms with van der Waals surface area (Å²) in [4.78, 5) is 10.9. The van der Waals surface area contributed by atoms with E-state index in [-0.39, 0.29) is 5.00 Å². The number of aromatic nitrogens is 2. The molecule has 0 radical (unpaired) electrons. The number of hydrogen-bond donors (Lipinski definition) is 1. The maximum absolute atomic E-state index is 10.6. The number of thiophene rings is 1. The molecule has 17 heavy (non-hydrogen) atoms. The predicted octanol–water partition coefficient (Wildman–Crippen LogP) is 2.07. The van der Waals surface area contributed by atoms with Crippen molar-refractivity contribution in [2.75, 3.05) is 6.54 Å². The third-order valence-corrected chi connectivity index (χ3v) is 4.23. The van der Waals surface area contributed by atoms with Gasteiger partial charge in [0.25, 0.3) is 0 Å². The number of aryl methyl sites for hydroxylation is 1. The van der Waals surface area contributed by atoms with Crippen LogP contribution in [-0.2, 0) is 6.42 Å². The highest BCUT2D eigenvalue weighted by Crippen LogP contribution is 2.34. The molecule has 0 aliphatic heterocycles. The molecule has 2 N–H and O–H groups in total. The van der Waals surface area contributed by atoms with Crippen LogP contribution in [0.5, 0.6) is 0 Å². The largest absolute Gasteiger partial charge is 0.330 e. The summed E-state index contributed by atoms with van der Waals surface area (Å²) in [6.45, 7) is 0.624. The van der Waals surface area contributed by atoms with Crippen LogP contribution in [0, 0.1) is 10.1 Å². The quantitative estimate of drug-likeness (QED) is 0.662. The lowest BCUT2D eigenvalue weighted by atomic mass is 10.3. The lowest BCUT2D eigenvalue weighted by molar-refractivity contribution is -0.380. The first-order valence-corrected chi connectivity index (χ1v) is 6.61. The summed E-state index contributed by atoms with van der Waals surface area (Å²) in [6, 6.07) is 3.19. The monoisotopic (exact) mass is 270 g/mol. The first-order chi connectivity index (χ1) is 8.20. The van der Waals surface area contributed by atoms with Crippen LogP contribution in [-0.4, -0.2) is 21.7 Å².